The number of carbonyl (C=O) groups is 2. The number of hydrogen-bond donors (Lipinski definition) is 2. The predicted octanol–water partition coefficient (Wildman–Crippen LogP) is 5.89. The highest BCUT2D eigenvalue weighted by molar-refractivity contribution is 5.85. The van der Waals surface area contributed by atoms with Crippen molar-refractivity contribution < 1.29 is 14.3 Å². The van der Waals surface area contributed by atoms with E-state index in [4.69, 9.17) is 4.74 Å². The van der Waals surface area contributed by atoms with Gasteiger partial charge in [0.1, 0.15) is 12.3 Å². The van der Waals surface area contributed by atoms with Crippen molar-refractivity contribution in [2.75, 3.05) is 26.7 Å². The van der Waals surface area contributed by atoms with Gasteiger partial charge in [0.05, 0.1) is 7.11 Å². The molecule has 0 aliphatic heterocycles. The lowest BCUT2D eigenvalue weighted by Gasteiger charge is -2.30. The first-order valence-electron chi connectivity index (χ1n) is 14.1. The molecular formula is C31H42N4O3. The summed E-state index contributed by atoms with van der Waals surface area (Å²) in [7, 11) is 1.65. The number of urea groups is 1. The Morgan fingerprint density at radius 2 is 1.76 bits per heavy atom. The standard InChI is InChI=1S/C31H42N4O3/c1-3-4-19-35(31(37)33-26-10-6-5-7-11-26)23-30(36)34(22-24-14-16-27(38-2)17-15-24)20-18-25-21-32-29-13-9-8-12-28(25)29/h8-9,12-17,21,26,32H,3-7,10-11,18-20,22-23H2,1-2H3,(H,33,37). The molecule has 3 amide bonds. The number of nitrogens with one attached hydrogen (secondary N) is 2. The van der Waals surface area contributed by atoms with Crippen LogP contribution in [0.3, 0.4) is 0 Å². The van der Waals surface area contributed by atoms with Gasteiger partial charge in [-0.05, 0) is 55.0 Å². The van der Waals surface area contributed by atoms with Crippen LogP contribution in [-0.4, -0.2) is 59.5 Å². The van der Waals surface area contributed by atoms with Gasteiger partial charge >= 0.3 is 6.03 Å². The van der Waals surface area contributed by atoms with Crippen LogP contribution in [0.2, 0.25) is 0 Å². The van der Waals surface area contributed by atoms with Gasteiger partial charge in [-0.15, -0.1) is 0 Å². The van der Waals surface area contributed by atoms with Crippen LogP contribution in [0.5, 0.6) is 5.75 Å². The fourth-order valence-corrected chi connectivity index (χ4v) is 5.21. The molecule has 0 saturated heterocycles. The summed E-state index contributed by atoms with van der Waals surface area (Å²) in [6, 6.07) is 16.2. The van der Waals surface area contributed by atoms with Gasteiger partial charge in [0.15, 0.2) is 0 Å². The Bertz CT molecular complexity index is 1170. The molecule has 1 aliphatic rings. The van der Waals surface area contributed by atoms with Crippen molar-refractivity contribution in [1.29, 1.82) is 0 Å². The van der Waals surface area contributed by atoms with Gasteiger partial charge < -0.3 is 24.8 Å². The normalized spacial score (nSPS) is 13.8. The number of methoxy groups -OCH3 is 1. The van der Waals surface area contributed by atoms with Gasteiger partial charge in [-0.1, -0.05) is 62.9 Å². The van der Waals surface area contributed by atoms with Gasteiger partial charge in [0.2, 0.25) is 5.91 Å². The summed E-state index contributed by atoms with van der Waals surface area (Å²) in [5, 5.41) is 4.39. The van der Waals surface area contributed by atoms with Crippen LogP contribution in [0.4, 0.5) is 4.79 Å². The monoisotopic (exact) mass is 518 g/mol. The van der Waals surface area contributed by atoms with E-state index in [1.807, 2.05) is 47.5 Å². The van der Waals surface area contributed by atoms with Crippen LogP contribution in [0.15, 0.2) is 54.7 Å². The van der Waals surface area contributed by atoms with Crippen molar-refractivity contribution in [3.05, 3.63) is 65.9 Å². The average Bonchev–Trinajstić information content (AvgIpc) is 3.37. The number of aromatic nitrogens is 1. The molecule has 1 aromatic heterocycles. The minimum Gasteiger partial charge on any atom is -0.497 e. The Labute approximate surface area is 226 Å². The number of unbranched alkanes of at least 4 members (excludes halogenated alkanes) is 1. The SMILES string of the molecule is CCCCN(CC(=O)N(CCc1c[nH]c2ccccc12)Cc1ccc(OC)cc1)C(=O)NC1CCCCC1. The molecule has 1 fully saturated rings. The second kappa shape index (κ2) is 13.9. The van der Waals surface area contributed by atoms with Crippen molar-refractivity contribution in [3.8, 4) is 5.75 Å². The number of para-hydroxylation sites is 1. The highest BCUT2D eigenvalue weighted by atomic mass is 16.5. The molecule has 7 heteroatoms. The van der Waals surface area contributed by atoms with E-state index in [1.165, 1.54) is 17.4 Å². The van der Waals surface area contributed by atoms with E-state index in [9.17, 15) is 9.59 Å². The van der Waals surface area contributed by atoms with E-state index >= 15 is 0 Å². The van der Waals surface area contributed by atoms with E-state index < -0.39 is 0 Å². The van der Waals surface area contributed by atoms with Crippen LogP contribution in [0, 0.1) is 0 Å². The first-order chi connectivity index (χ1) is 18.6. The van der Waals surface area contributed by atoms with E-state index in [-0.39, 0.29) is 24.5 Å². The Kier molecular flexibility index (Phi) is 10.1. The lowest BCUT2D eigenvalue weighted by molar-refractivity contribution is -0.132. The van der Waals surface area contributed by atoms with Crippen LogP contribution < -0.4 is 10.1 Å². The van der Waals surface area contributed by atoms with Gasteiger partial charge in [-0.2, -0.15) is 0 Å². The molecule has 0 spiro atoms. The largest absolute Gasteiger partial charge is 0.497 e. The number of ether oxygens (including phenoxy) is 1. The number of carbonyl (C=O) groups excluding carboxylic acids is 2. The summed E-state index contributed by atoms with van der Waals surface area (Å²) < 4.78 is 5.30. The van der Waals surface area contributed by atoms with E-state index in [0.29, 0.717) is 19.6 Å². The zero-order valence-corrected chi connectivity index (χ0v) is 22.9. The third kappa shape index (κ3) is 7.53. The summed E-state index contributed by atoms with van der Waals surface area (Å²) in [6.07, 6.45) is 10.2. The summed E-state index contributed by atoms with van der Waals surface area (Å²) in [5.41, 5.74) is 3.32. The minimum atomic E-state index is -0.111. The number of hydrogen-bond acceptors (Lipinski definition) is 3. The van der Waals surface area contributed by atoms with E-state index in [0.717, 1.165) is 61.8 Å². The summed E-state index contributed by atoms with van der Waals surface area (Å²) in [4.78, 5) is 33.9. The molecule has 2 N–H and O–H groups in total. The highest BCUT2D eigenvalue weighted by Crippen LogP contribution is 2.20. The molecule has 0 atom stereocenters. The molecule has 1 saturated carbocycles. The Hall–Kier alpha value is -3.48. The highest BCUT2D eigenvalue weighted by Gasteiger charge is 2.24. The molecule has 0 bridgehead atoms. The van der Waals surface area contributed by atoms with Crippen LogP contribution in [0.25, 0.3) is 10.9 Å². The summed E-state index contributed by atoms with van der Waals surface area (Å²) in [5.74, 6) is 0.756. The molecule has 0 unspecified atom stereocenters. The van der Waals surface area contributed by atoms with Gasteiger partial charge in [-0.3, -0.25) is 4.79 Å². The second-order valence-corrected chi connectivity index (χ2v) is 10.3. The Morgan fingerprint density at radius 3 is 2.50 bits per heavy atom. The molecular weight excluding hydrogens is 476 g/mol. The van der Waals surface area contributed by atoms with Crippen molar-refractivity contribution in [2.45, 2.75) is 70.9 Å². The lowest BCUT2D eigenvalue weighted by atomic mass is 9.96. The second-order valence-electron chi connectivity index (χ2n) is 10.3. The quantitative estimate of drug-likeness (QED) is 0.314. The predicted molar refractivity (Wildman–Crippen MR) is 152 cm³/mol. The van der Waals surface area contributed by atoms with Gasteiger partial charge in [-0.25, -0.2) is 4.79 Å². The van der Waals surface area contributed by atoms with Crippen molar-refractivity contribution in [3.63, 3.8) is 0 Å². The molecule has 1 heterocycles. The first-order valence-corrected chi connectivity index (χ1v) is 14.1. The van der Waals surface area contributed by atoms with Crippen LogP contribution in [0.1, 0.15) is 63.0 Å². The topological polar surface area (TPSA) is 77.7 Å². The molecule has 3 aromatic rings. The third-order valence-electron chi connectivity index (χ3n) is 7.54. The third-order valence-corrected chi connectivity index (χ3v) is 7.54. The zero-order chi connectivity index (χ0) is 26.7. The smallest absolute Gasteiger partial charge is 0.318 e. The number of amides is 3. The summed E-state index contributed by atoms with van der Waals surface area (Å²) >= 11 is 0. The number of aromatic amines is 1. The van der Waals surface area contributed by atoms with Crippen LogP contribution >= 0.6 is 0 Å². The van der Waals surface area contributed by atoms with Crippen molar-refractivity contribution in [1.82, 2.24) is 20.1 Å². The number of H-pyrrole nitrogens is 1. The molecule has 7 nitrogen and oxygen atoms in total. The fourth-order valence-electron chi connectivity index (χ4n) is 5.21. The van der Waals surface area contributed by atoms with Crippen LogP contribution in [-0.2, 0) is 17.8 Å². The fraction of sp³-hybridized carbons (Fsp3) is 0.484. The minimum absolute atomic E-state index is 0.0319. The van der Waals surface area contributed by atoms with Gasteiger partial charge in [0, 0.05) is 42.8 Å². The van der Waals surface area contributed by atoms with E-state index in [1.54, 1.807) is 12.0 Å². The number of rotatable bonds is 12. The number of nitrogens with zero attached hydrogens (tertiary/aromatic N) is 2. The number of fused-ring (bicyclic) bond motifs is 1. The number of benzene rings is 2. The Balaban J connectivity index is 1.48. The van der Waals surface area contributed by atoms with Gasteiger partial charge in [0.25, 0.3) is 0 Å². The maximum Gasteiger partial charge on any atom is 0.318 e. The maximum absolute atomic E-state index is 13.7. The maximum atomic E-state index is 13.7. The Morgan fingerprint density at radius 1 is 1.00 bits per heavy atom. The lowest BCUT2D eigenvalue weighted by Crippen LogP contribution is -2.50. The molecule has 1 aliphatic carbocycles. The summed E-state index contributed by atoms with van der Waals surface area (Å²) in [6.45, 7) is 3.83. The molecule has 204 valence electrons. The van der Waals surface area contributed by atoms with Crippen molar-refractivity contribution >= 4 is 22.8 Å². The molecule has 2 aromatic carbocycles. The molecule has 0 radical (unpaired) electrons. The van der Waals surface area contributed by atoms with E-state index in [2.05, 4.69) is 29.4 Å². The molecule has 38 heavy (non-hydrogen) atoms. The average molecular weight is 519 g/mol. The first kappa shape index (κ1) is 27.6. The zero-order valence-electron chi connectivity index (χ0n) is 22.9. The van der Waals surface area contributed by atoms with Crippen molar-refractivity contribution in [2.24, 2.45) is 0 Å². The molecule has 4 rings (SSSR count).